The third-order valence-electron chi connectivity index (χ3n) is 2.86. The third kappa shape index (κ3) is 3.11. The van der Waals surface area contributed by atoms with Crippen molar-refractivity contribution in [2.45, 2.75) is 13.0 Å². The maximum Gasteiger partial charge on any atom is 0.327 e. The number of benzene rings is 1. The molecular formula is C13H14N2O4S. The Bertz CT molecular complexity index is 561. The first-order chi connectivity index (χ1) is 9.49. The standard InChI is InChI=1S/C13H14N2O4S/c1-8(16)14-10-4-2-3-9(5-10)12(17)15-7-20-6-11(15)13(18)19/h2-5,11H,6-7H2,1H3,(H,14,16)(H,18,19)/t11-/m0/s1. The number of carbonyl (C=O) groups is 3. The van der Waals surface area contributed by atoms with E-state index < -0.39 is 12.0 Å². The van der Waals surface area contributed by atoms with Gasteiger partial charge in [0.25, 0.3) is 5.91 Å². The molecule has 106 valence electrons. The Hall–Kier alpha value is -2.02. The number of carboxylic acid groups (broad SMARTS) is 1. The molecule has 1 atom stereocenters. The minimum Gasteiger partial charge on any atom is -0.480 e. The highest BCUT2D eigenvalue weighted by atomic mass is 32.2. The van der Waals surface area contributed by atoms with Gasteiger partial charge in [0.15, 0.2) is 0 Å². The first-order valence-corrected chi connectivity index (χ1v) is 7.13. The summed E-state index contributed by atoms with van der Waals surface area (Å²) in [4.78, 5) is 35.8. The van der Waals surface area contributed by atoms with Gasteiger partial charge in [-0.2, -0.15) is 0 Å². The van der Waals surface area contributed by atoms with Crippen LogP contribution in [-0.2, 0) is 9.59 Å². The first kappa shape index (κ1) is 14.4. The fourth-order valence-corrected chi connectivity index (χ4v) is 3.09. The summed E-state index contributed by atoms with van der Waals surface area (Å²) in [6.07, 6.45) is 0. The van der Waals surface area contributed by atoms with Crippen LogP contribution in [0.4, 0.5) is 5.69 Å². The van der Waals surface area contributed by atoms with Crippen LogP contribution >= 0.6 is 11.8 Å². The maximum absolute atomic E-state index is 12.3. The number of rotatable bonds is 3. The molecule has 0 unspecified atom stereocenters. The van der Waals surface area contributed by atoms with Gasteiger partial charge in [-0.15, -0.1) is 11.8 Å². The van der Waals surface area contributed by atoms with Crippen molar-refractivity contribution in [1.29, 1.82) is 0 Å². The van der Waals surface area contributed by atoms with Gasteiger partial charge < -0.3 is 15.3 Å². The molecule has 0 spiro atoms. The highest BCUT2D eigenvalue weighted by Gasteiger charge is 2.34. The van der Waals surface area contributed by atoms with Gasteiger partial charge in [-0.1, -0.05) is 6.07 Å². The zero-order chi connectivity index (χ0) is 14.7. The molecule has 1 saturated heterocycles. The van der Waals surface area contributed by atoms with Crippen LogP contribution in [0.2, 0.25) is 0 Å². The van der Waals surface area contributed by atoms with Crippen molar-refractivity contribution in [3.8, 4) is 0 Å². The number of nitrogens with one attached hydrogen (secondary N) is 1. The fraction of sp³-hybridized carbons (Fsp3) is 0.308. The summed E-state index contributed by atoms with van der Waals surface area (Å²) in [5.74, 6) is -0.808. The van der Waals surface area contributed by atoms with Crippen LogP contribution in [0.25, 0.3) is 0 Å². The van der Waals surface area contributed by atoms with E-state index >= 15 is 0 Å². The summed E-state index contributed by atoms with van der Waals surface area (Å²) in [5, 5.41) is 11.7. The number of hydrogen-bond donors (Lipinski definition) is 2. The largest absolute Gasteiger partial charge is 0.480 e. The van der Waals surface area contributed by atoms with Crippen LogP contribution in [0, 0.1) is 0 Å². The van der Waals surface area contributed by atoms with Gasteiger partial charge in [-0.25, -0.2) is 4.79 Å². The van der Waals surface area contributed by atoms with Crippen molar-refractivity contribution >= 4 is 35.2 Å². The van der Waals surface area contributed by atoms with E-state index in [2.05, 4.69) is 5.32 Å². The SMILES string of the molecule is CC(=O)Nc1cccc(C(=O)N2CSC[C@H]2C(=O)O)c1. The number of carboxylic acids is 1. The summed E-state index contributed by atoms with van der Waals surface area (Å²) >= 11 is 1.41. The van der Waals surface area contributed by atoms with Gasteiger partial charge in [-0.3, -0.25) is 9.59 Å². The van der Waals surface area contributed by atoms with E-state index in [1.807, 2.05) is 0 Å². The van der Waals surface area contributed by atoms with Crippen LogP contribution in [0.15, 0.2) is 24.3 Å². The van der Waals surface area contributed by atoms with Gasteiger partial charge in [0.1, 0.15) is 6.04 Å². The lowest BCUT2D eigenvalue weighted by Crippen LogP contribution is -2.41. The van der Waals surface area contributed by atoms with E-state index in [1.165, 1.54) is 23.6 Å². The molecule has 0 aromatic heterocycles. The van der Waals surface area contributed by atoms with E-state index in [9.17, 15) is 14.4 Å². The number of carbonyl (C=O) groups excluding carboxylic acids is 2. The number of amides is 2. The number of nitrogens with zero attached hydrogens (tertiary/aromatic N) is 1. The summed E-state index contributed by atoms with van der Waals surface area (Å²) in [7, 11) is 0. The van der Waals surface area contributed by atoms with Crippen LogP contribution < -0.4 is 5.32 Å². The Morgan fingerprint density at radius 3 is 2.80 bits per heavy atom. The monoisotopic (exact) mass is 294 g/mol. The molecule has 2 N–H and O–H groups in total. The molecule has 0 saturated carbocycles. The molecule has 7 heteroatoms. The topological polar surface area (TPSA) is 86.7 Å². The van der Waals surface area contributed by atoms with Crippen LogP contribution in [0.3, 0.4) is 0 Å². The van der Waals surface area contributed by atoms with Crippen molar-refractivity contribution in [2.24, 2.45) is 0 Å². The number of hydrogen-bond acceptors (Lipinski definition) is 4. The minimum absolute atomic E-state index is 0.227. The van der Waals surface area contributed by atoms with Crippen LogP contribution in [0.5, 0.6) is 0 Å². The quantitative estimate of drug-likeness (QED) is 0.876. The van der Waals surface area contributed by atoms with Gasteiger partial charge in [0, 0.05) is 23.9 Å². The molecule has 2 rings (SSSR count). The van der Waals surface area contributed by atoms with Crippen molar-refractivity contribution < 1.29 is 19.5 Å². The van der Waals surface area contributed by atoms with Crippen molar-refractivity contribution in [1.82, 2.24) is 4.90 Å². The molecule has 1 heterocycles. The fourth-order valence-electron chi connectivity index (χ4n) is 1.95. The van der Waals surface area contributed by atoms with Gasteiger partial charge in [-0.05, 0) is 18.2 Å². The average Bonchev–Trinajstić information content (AvgIpc) is 2.86. The highest BCUT2D eigenvalue weighted by Crippen LogP contribution is 2.24. The third-order valence-corrected chi connectivity index (χ3v) is 3.87. The number of anilines is 1. The predicted molar refractivity (Wildman–Crippen MR) is 75.7 cm³/mol. The number of thioether (sulfide) groups is 1. The predicted octanol–water partition coefficient (Wildman–Crippen LogP) is 1.24. The maximum atomic E-state index is 12.3. The van der Waals surface area contributed by atoms with E-state index in [-0.39, 0.29) is 11.8 Å². The molecule has 1 aromatic carbocycles. The second kappa shape index (κ2) is 5.96. The molecule has 2 amide bonds. The molecule has 1 aromatic rings. The molecule has 1 aliphatic rings. The van der Waals surface area contributed by atoms with Crippen molar-refractivity contribution in [3.05, 3.63) is 29.8 Å². The minimum atomic E-state index is -0.999. The molecular weight excluding hydrogens is 280 g/mol. The van der Waals surface area contributed by atoms with Crippen molar-refractivity contribution in [2.75, 3.05) is 16.9 Å². The van der Waals surface area contributed by atoms with Crippen LogP contribution in [-0.4, -0.2) is 45.5 Å². The molecule has 6 nitrogen and oxygen atoms in total. The van der Waals surface area contributed by atoms with Gasteiger partial charge in [0.2, 0.25) is 5.91 Å². The van der Waals surface area contributed by atoms with E-state index in [0.29, 0.717) is 22.9 Å². The molecule has 20 heavy (non-hydrogen) atoms. The summed E-state index contributed by atoms with van der Waals surface area (Å²) in [6, 6.07) is 5.68. The summed E-state index contributed by atoms with van der Waals surface area (Å²) in [6.45, 7) is 1.38. The van der Waals surface area contributed by atoms with E-state index in [1.54, 1.807) is 24.3 Å². The number of aliphatic carboxylic acids is 1. The van der Waals surface area contributed by atoms with E-state index in [0.717, 1.165) is 0 Å². The van der Waals surface area contributed by atoms with Gasteiger partial charge in [0.05, 0.1) is 5.88 Å². The zero-order valence-corrected chi connectivity index (χ0v) is 11.6. The van der Waals surface area contributed by atoms with Crippen molar-refractivity contribution in [3.63, 3.8) is 0 Å². The smallest absolute Gasteiger partial charge is 0.327 e. The summed E-state index contributed by atoms with van der Waals surface area (Å²) < 4.78 is 0. The molecule has 1 fully saturated rings. The zero-order valence-electron chi connectivity index (χ0n) is 10.8. The molecule has 0 aliphatic carbocycles. The Kier molecular flexibility index (Phi) is 4.29. The molecule has 0 radical (unpaired) electrons. The highest BCUT2D eigenvalue weighted by molar-refractivity contribution is 7.99. The van der Waals surface area contributed by atoms with Crippen LogP contribution in [0.1, 0.15) is 17.3 Å². The lowest BCUT2D eigenvalue weighted by Gasteiger charge is -2.20. The Balaban J connectivity index is 2.20. The Morgan fingerprint density at radius 1 is 1.40 bits per heavy atom. The molecule has 0 bridgehead atoms. The second-order valence-corrected chi connectivity index (χ2v) is 5.39. The Labute approximate surface area is 120 Å². The summed E-state index contributed by atoms with van der Waals surface area (Å²) in [5.41, 5.74) is 0.882. The lowest BCUT2D eigenvalue weighted by atomic mass is 10.1. The molecule has 1 aliphatic heterocycles. The van der Waals surface area contributed by atoms with E-state index in [4.69, 9.17) is 5.11 Å². The second-order valence-electron chi connectivity index (χ2n) is 4.39. The van der Waals surface area contributed by atoms with Gasteiger partial charge >= 0.3 is 5.97 Å². The lowest BCUT2D eigenvalue weighted by molar-refractivity contribution is -0.140. The first-order valence-electron chi connectivity index (χ1n) is 5.98. The normalized spacial score (nSPS) is 17.9. The average molecular weight is 294 g/mol. The Morgan fingerprint density at radius 2 is 2.15 bits per heavy atom.